The number of tetrazole rings is 1. The topological polar surface area (TPSA) is 79.1 Å². The number of nitrogens with zero attached hydrogens (tertiary/aromatic N) is 4. The molecule has 25 heavy (non-hydrogen) atoms. The van der Waals surface area contributed by atoms with Crippen LogP contribution in [0.25, 0.3) is 5.69 Å². The highest BCUT2D eigenvalue weighted by Crippen LogP contribution is 2.27. The fraction of sp³-hybridized carbons (Fsp3) is 0.176. The van der Waals surface area contributed by atoms with Gasteiger partial charge in [0.05, 0.1) is 25.5 Å². The first-order valence-electron chi connectivity index (χ1n) is 7.45. The molecule has 0 N–H and O–H groups in total. The number of methoxy groups -OCH3 is 2. The van der Waals surface area contributed by atoms with Crippen molar-refractivity contribution in [2.24, 2.45) is 0 Å². The number of Topliss-reactive ketones (excluding diaryl/α,β-unsaturated/α-hetero) is 1. The summed E-state index contributed by atoms with van der Waals surface area (Å²) in [6, 6.07) is 14.5. The number of rotatable bonds is 7. The van der Waals surface area contributed by atoms with Crippen molar-refractivity contribution >= 4 is 17.5 Å². The van der Waals surface area contributed by atoms with Crippen LogP contribution in [0, 0.1) is 0 Å². The van der Waals surface area contributed by atoms with E-state index in [1.165, 1.54) is 11.8 Å². The molecule has 3 rings (SSSR count). The summed E-state index contributed by atoms with van der Waals surface area (Å²) in [5, 5.41) is 12.2. The van der Waals surface area contributed by atoms with E-state index in [1.54, 1.807) is 37.1 Å². The number of aromatic nitrogens is 4. The number of carbonyl (C=O) groups excluding carboxylic acids is 1. The summed E-state index contributed by atoms with van der Waals surface area (Å²) in [5.74, 6) is 1.33. The Hall–Kier alpha value is -2.87. The molecule has 0 aliphatic heterocycles. The van der Waals surface area contributed by atoms with Gasteiger partial charge in [0.2, 0.25) is 5.16 Å². The second-order valence-corrected chi connectivity index (χ2v) is 5.90. The Kier molecular flexibility index (Phi) is 5.30. The van der Waals surface area contributed by atoms with Gasteiger partial charge in [0.25, 0.3) is 0 Å². The zero-order valence-electron chi connectivity index (χ0n) is 13.7. The Morgan fingerprint density at radius 1 is 1.04 bits per heavy atom. The van der Waals surface area contributed by atoms with Crippen LogP contribution < -0.4 is 9.47 Å². The molecule has 0 saturated heterocycles. The SMILES string of the molecule is COc1ccccc1C(=O)CSc1nnnn1-c1ccccc1OC. The van der Waals surface area contributed by atoms with E-state index in [2.05, 4.69) is 15.5 Å². The van der Waals surface area contributed by atoms with Crippen LogP contribution in [-0.4, -0.2) is 46.0 Å². The van der Waals surface area contributed by atoms with Gasteiger partial charge in [-0.25, -0.2) is 0 Å². The third-order valence-corrected chi connectivity index (χ3v) is 4.41. The molecule has 0 atom stereocenters. The fourth-order valence-corrected chi connectivity index (χ4v) is 3.07. The summed E-state index contributed by atoms with van der Waals surface area (Å²) in [5.41, 5.74) is 1.25. The second kappa shape index (κ2) is 7.80. The number of ether oxygens (including phenoxy) is 2. The zero-order valence-corrected chi connectivity index (χ0v) is 14.6. The Morgan fingerprint density at radius 2 is 1.72 bits per heavy atom. The van der Waals surface area contributed by atoms with Crippen LogP contribution in [0.2, 0.25) is 0 Å². The Morgan fingerprint density at radius 3 is 2.48 bits per heavy atom. The summed E-state index contributed by atoms with van der Waals surface area (Å²) in [6.07, 6.45) is 0. The summed E-state index contributed by atoms with van der Waals surface area (Å²) in [6.45, 7) is 0. The molecule has 1 aromatic heterocycles. The predicted octanol–water partition coefficient (Wildman–Crippen LogP) is 2.65. The smallest absolute Gasteiger partial charge is 0.214 e. The van der Waals surface area contributed by atoms with Gasteiger partial charge in [-0.05, 0) is 34.7 Å². The van der Waals surface area contributed by atoms with Gasteiger partial charge in [0, 0.05) is 0 Å². The van der Waals surface area contributed by atoms with Gasteiger partial charge in [0.1, 0.15) is 17.2 Å². The number of ketones is 1. The molecule has 0 unspecified atom stereocenters. The molecule has 128 valence electrons. The van der Waals surface area contributed by atoms with Crippen LogP contribution >= 0.6 is 11.8 Å². The van der Waals surface area contributed by atoms with E-state index in [-0.39, 0.29) is 11.5 Å². The van der Waals surface area contributed by atoms with Gasteiger partial charge in [-0.2, -0.15) is 4.68 Å². The third kappa shape index (κ3) is 3.63. The lowest BCUT2D eigenvalue weighted by Crippen LogP contribution is -2.07. The molecule has 0 fully saturated rings. The van der Waals surface area contributed by atoms with E-state index in [0.29, 0.717) is 27.9 Å². The lowest BCUT2D eigenvalue weighted by molar-refractivity contribution is 0.101. The lowest BCUT2D eigenvalue weighted by Gasteiger charge is -2.09. The molecule has 0 aliphatic carbocycles. The van der Waals surface area contributed by atoms with Gasteiger partial charge in [0.15, 0.2) is 5.78 Å². The van der Waals surface area contributed by atoms with Crippen molar-refractivity contribution in [3.8, 4) is 17.2 Å². The lowest BCUT2D eigenvalue weighted by atomic mass is 10.1. The molecular weight excluding hydrogens is 340 g/mol. The standard InChI is InChI=1S/C17H16N4O3S/c1-23-15-9-5-3-7-12(15)14(22)11-25-17-18-19-20-21(17)13-8-4-6-10-16(13)24-2/h3-10H,11H2,1-2H3. The van der Waals surface area contributed by atoms with Crippen LogP contribution in [0.4, 0.5) is 0 Å². The monoisotopic (exact) mass is 356 g/mol. The molecular formula is C17H16N4O3S. The summed E-state index contributed by atoms with van der Waals surface area (Å²) in [4.78, 5) is 12.5. The Labute approximate surface area is 149 Å². The van der Waals surface area contributed by atoms with Crippen LogP contribution in [0.5, 0.6) is 11.5 Å². The normalized spacial score (nSPS) is 10.5. The van der Waals surface area contributed by atoms with E-state index in [9.17, 15) is 4.79 Å². The molecule has 0 bridgehead atoms. The van der Waals surface area contributed by atoms with Crippen molar-refractivity contribution in [2.75, 3.05) is 20.0 Å². The quantitative estimate of drug-likeness (QED) is 0.475. The molecule has 0 aliphatic rings. The van der Waals surface area contributed by atoms with Gasteiger partial charge < -0.3 is 9.47 Å². The molecule has 3 aromatic rings. The maximum absolute atomic E-state index is 12.5. The van der Waals surface area contributed by atoms with E-state index >= 15 is 0 Å². The fourth-order valence-electron chi connectivity index (χ4n) is 2.31. The third-order valence-electron chi connectivity index (χ3n) is 3.49. The minimum absolute atomic E-state index is 0.0583. The predicted molar refractivity (Wildman–Crippen MR) is 93.8 cm³/mol. The number of hydrogen-bond donors (Lipinski definition) is 0. The first-order chi connectivity index (χ1) is 12.2. The van der Waals surface area contributed by atoms with E-state index < -0.39 is 0 Å². The Bertz CT molecular complexity index is 882. The van der Waals surface area contributed by atoms with Crippen molar-refractivity contribution in [2.45, 2.75) is 5.16 Å². The maximum Gasteiger partial charge on any atom is 0.214 e. The summed E-state index contributed by atoms with van der Waals surface area (Å²) >= 11 is 1.26. The number of para-hydroxylation sites is 3. The minimum atomic E-state index is -0.0583. The number of benzene rings is 2. The average molecular weight is 356 g/mol. The first kappa shape index (κ1) is 17.0. The molecule has 0 spiro atoms. The zero-order chi connectivity index (χ0) is 17.6. The van der Waals surface area contributed by atoms with Crippen LogP contribution in [-0.2, 0) is 0 Å². The van der Waals surface area contributed by atoms with Crippen LogP contribution in [0.1, 0.15) is 10.4 Å². The minimum Gasteiger partial charge on any atom is -0.496 e. The summed E-state index contributed by atoms with van der Waals surface area (Å²) in [7, 11) is 3.13. The van der Waals surface area contributed by atoms with Gasteiger partial charge in [-0.3, -0.25) is 4.79 Å². The Balaban J connectivity index is 1.79. The van der Waals surface area contributed by atoms with Crippen molar-refractivity contribution in [3.63, 3.8) is 0 Å². The van der Waals surface area contributed by atoms with Crippen LogP contribution in [0.15, 0.2) is 53.7 Å². The molecule has 2 aromatic carbocycles. The molecule has 0 amide bonds. The van der Waals surface area contributed by atoms with E-state index in [0.717, 1.165) is 0 Å². The van der Waals surface area contributed by atoms with Crippen LogP contribution in [0.3, 0.4) is 0 Å². The van der Waals surface area contributed by atoms with Crippen molar-refractivity contribution in [1.29, 1.82) is 0 Å². The van der Waals surface area contributed by atoms with Crippen molar-refractivity contribution in [3.05, 3.63) is 54.1 Å². The summed E-state index contributed by atoms with van der Waals surface area (Å²) < 4.78 is 12.1. The number of thioether (sulfide) groups is 1. The number of hydrogen-bond acceptors (Lipinski definition) is 7. The van der Waals surface area contributed by atoms with E-state index in [4.69, 9.17) is 9.47 Å². The van der Waals surface area contributed by atoms with Crippen molar-refractivity contribution < 1.29 is 14.3 Å². The molecule has 0 saturated carbocycles. The highest BCUT2D eigenvalue weighted by Gasteiger charge is 2.17. The molecule has 1 heterocycles. The van der Waals surface area contributed by atoms with Gasteiger partial charge in [-0.1, -0.05) is 36.0 Å². The van der Waals surface area contributed by atoms with Crippen molar-refractivity contribution in [1.82, 2.24) is 20.2 Å². The molecule has 7 nitrogen and oxygen atoms in total. The highest BCUT2D eigenvalue weighted by molar-refractivity contribution is 7.99. The van der Waals surface area contributed by atoms with Gasteiger partial charge in [-0.15, -0.1) is 5.10 Å². The van der Waals surface area contributed by atoms with E-state index in [1.807, 2.05) is 30.3 Å². The average Bonchev–Trinajstić information content (AvgIpc) is 3.14. The second-order valence-electron chi connectivity index (χ2n) is 4.96. The molecule has 8 heteroatoms. The highest BCUT2D eigenvalue weighted by atomic mass is 32.2. The number of carbonyl (C=O) groups is 1. The van der Waals surface area contributed by atoms with Gasteiger partial charge >= 0.3 is 0 Å². The maximum atomic E-state index is 12.5. The molecule has 0 radical (unpaired) electrons. The first-order valence-corrected chi connectivity index (χ1v) is 8.44. The largest absolute Gasteiger partial charge is 0.496 e.